The summed E-state index contributed by atoms with van der Waals surface area (Å²) in [6, 6.07) is 1.76. The van der Waals surface area contributed by atoms with Crippen molar-refractivity contribution in [2.75, 3.05) is 13.1 Å². The third-order valence-corrected chi connectivity index (χ3v) is 5.26. The van der Waals surface area contributed by atoms with Crippen molar-refractivity contribution in [3.05, 3.63) is 0 Å². The molecule has 2 heterocycles. The highest BCUT2D eigenvalue weighted by Crippen LogP contribution is 2.28. The zero-order valence-electron chi connectivity index (χ0n) is 11.5. The Morgan fingerprint density at radius 3 is 2.56 bits per heavy atom. The number of nitrogens with zero attached hydrogens (tertiary/aromatic N) is 1. The van der Waals surface area contributed by atoms with Crippen LogP contribution < -0.4 is 5.32 Å². The maximum atomic E-state index is 10.2. The summed E-state index contributed by atoms with van der Waals surface area (Å²) in [5, 5.41) is 14.0. The summed E-state index contributed by atoms with van der Waals surface area (Å²) in [6.07, 6.45) is 11.3. The van der Waals surface area contributed by atoms with E-state index in [0.29, 0.717) is 12.1 Å². The molecular formula is C15H28N2O. The van der Waals surface area contributed by atoms with Crippen molar-refractivity contribution in [2.45, 2.75) is 82.0 Å². The largest absolute Gasteiger partial charge is 0.392 e. The molecule has 2 N–H and O–H groups in total. The molecule has 2 aliphatic heterocycles. The Bertz CT molecular complexity index is 271. The molecule has 3 fully saturated rings. The number of piperidine rings is 1. The fourth-order valence-corrected chi connectivity index (χ4v) is 4.20. The standard InChI is InChI=1S/C15H28N2O/c18-15-8-3-1-2-6-13(15)16-12-9-11-17-10-5-4-7-14(12)17/h12-16,18H,1-11H2. The van der Waals surface area contributed by atoms with Gasteiger partial charge in [-0.05, 0) is 38.6 Å². The molecule has 4 unspecified atom stereocenters. The van der Waals surface area contributed by atoms with Gasteiger partial charge in [-0.3, -0.25) is 4.90 Å². The van der Waals surface area contributed by atoms with Crippen molar-refractivity contribution >= 4 is 0 Å². The molecule has 1 saturated carbocycles. The summed E-state index contributed by atoms with van der Waals surface area (Å²) < 4.78 is 0. The molecule has 0 bridgehead atoms. The van der Waals surface area contributed by atoms with E-state index in [0.717, 1.165) is 12.5 Å². The first-order valence-electron chi connectivity index (χ1n) is 8.03. The summed E-state index contributed by atoms with van der Waals surface area (Å²) in [6.45, 7) is 2.57. The summed E-state index contributed by atoms with van der Waals surface area (Å²) >= 11 is 0. The van der Waals surface area contributed by atoms with Gasteiger partial charge in [-0.25, -0.2) is 0 Å². The fraction of sp³-hybridized carbons (Fsp3) is 1.00. The third kappa shape index (κ3) is 2.73. The van der Waals surface area contributed by atoms with Crippen molar-refractivity contribution in [1.29, 1.82) is 0 Å². The van der Waals surface area contributed by atoms with E-state index < -0.39 is 0 Å². The lowest BCUT2D eigenvalue weighted by molar-refractivity contribution is 0.104. The normalized spacial score (nSPS) is 42.5. The smallest absolute Gasteiger partial charge is 0.0693 e. The minimum Gasteiger partial charge on any atom is -0.392 e. The van der Waals surface area contributed by atoms with Crippen LogP contribution in [0.5, 0.6) is 0 Å². The SMILES string of the molecule is OC1CCCCCC1NC1CCN2CCCCC12. The van der Waals surface area contributed by atoms with Crippen molar-refractivity contribution in [3.63, 3.8) is 0 Å². The van der Waals surface area contributed by atoms with Crippen LogP contribution in [0.2, 0.25) is 0 Å². The molecule has 3 heteroatoms. The summed E-state index contributed by atoms with van der Waals surface area (Å²) in [5.74, 6) is 0. The number of aliphatic hydroxyl groups excluding tert-OH is 1. The quantitative estimate of drug-likeness (QED) is 0.737. The van der Waals surface area contributed by atoms with Crippen LogP contribution >= 0.6 is 0 Å². The molecule has 18 heavy (non-hydrogen) atoms. The summed E-state index contributed by atoms with van der Waals surface area (Å²) in [5.41, 5.74) is 0. The van der Waals surface area contributed by atoms with Gasteiger partial charge in [0.15, 0.2) is 0 Å². The zero-order chi connectivity index (χ0) is 12.4. The lowest BCUT2D eigenvalue weighted by atomic mass is 9.96. The number of aliphatic hydroxyl groups is 1. The Kier molecular flexibility index (Phi) is 4.22. The van der Waals surface area contributed by atoms with Gasteiger partial charge in [-0.1, -0.05) is 25.7 Å². The maximum Gasteiger partial charge on any atom is 0.0693 e. The van der Waals surface area contributed by atoms with Gasteiger partial charge in [0.05, 0.1) is 6.10 Å². The van der Waals surface area contributed by atoms with Gasteiger partial charge in [-0.15, -0.1) is 0 Å². The van der Waals surface area contributed by atoms with Crippen LogP contribution in [-0.4, -0.2) is 47.3 Å². The van der Waals surface area contributed by atoms with Crippen LogP contribution in [0.1, 0.15) is 57.8 Å². The third-order valence-electron chi connectivity index (χ3n) is 5.26. The highest BCUT2D eigenvalue weighted by atomic mass is 16.3. The van der Waals surface area contributed by atoms with E-state index in [2.05, 4.69) is 10.2 Å². The van der Waals surface area contributed by atoms with E-state index in [1.807, 2.05) is 0 Å². The highest BCUT2D eigenvalue weighted by molar-refractivity contribution is 4.96. The molecule has 3 nitrogen and oxygen atoms in total. The zero-order valence-corrected chi connectivity index (χ0v) is 11.5. The fourth-order valence-electron chi connectivity index (χ4n) is 4.20. The predicted molar refractivity (Wildman–Crippen MR) is 73.6 cm³/mol. The van der Waals surface area contributed by atoms with E-state index in [-0.39, 0.29) is 6.10 Å². The van der Waals surface area contributed by atoms with Gasteiger partial charge in [-0.2, -0.15) is 0 Å². The Morgan fingerprint density at radius 2 is 1.61 bits per heavy atom. The molecule has 2 saturated heterocycles. The second kappa shape index (κ2) is 5.89. The molecule has 0 radical (unpaired) electrons. The van der Waals surface area contributed by atoms with E-state index in [1.165, 1.54) is 64.5 Å². The van der Waals surface area contributed by atoms with Gasteiger partial charge in [0, 0.05) is 24.7 Å². The molecule has 3 aliphatic rings. The number of hydrogen-bond donors (Lipinski definition) is 2. The van der Waals surface area contributed by atoms with Gasteiger partial charge in [0.1, 0.15) is 0 Å². The number of hydrogen-bond acceptors (Lipinski definition) is 3. The molecule has 0 amide bonds. The average molecular weight is 252 g/mol. The number of nitrogens with one attached hydrogen (secondary N) is 1. The Balaban J connectivity index is 1.58. The molecule has 1 aliphatic carbocycles. The first-order chi connectivity index (χ1) is 8.84. The van der Waals surface area contributed by atoms with Crippen molar-refractivity contribution in [3.8, 4) is 0 Å². The second-order valence-electron chi connectivity index (χ2n) is 6.47. The monoisotopic (exact) mass is 252 g/mol. The van der Waals surface area contributed by atoms with Crippen LogP contribution in [0.15, 0.2) is 0 Å². The van der Waals surface area contributed by atoms with Gasteiger partial charge in [0.25, 0.3) is 0 Å². The topological polar surface area (TPSA) is 35.5 Å². The van der Waals surface area contributed by atoms with Crippen molar-refractivity contribution in [1.82, 2.24) is 10.2 Å². The van der Waals surface area contributed by atoms with Crippen LogP contribution in [0.25, 0.3) is 0 Å². The Labute approximate surface area is 111 Å². The minimum absolute atomic E-state index is 0.106. The second-order valence-corrected chi connectivity index (χ2v) is 6.47. The lowest BCUT2D eigenvalue weighted by Crippen LogP contribution is -2.51. The summed E-state index contributed by atoms with van der Waals surface area (Å²) in [7, 11) is 0. The first kappa shape index (κ1) is 12.9. The van der Waals surface area contributed by atoms with Crippen LogP contribution in [0.3, 0.4) is 0 Å². The molecular weight excluding hydrogens is 224 g/mol. The minimum atomic E-state index is -0.106. The average Bonchev–Trinajstić information content (AvgIpc) is 2.69. The highest BCUT2D eigenvalue weighted by Gasteiger charge is 2.37. The molecule has 104 valence electrons. The van der Waals surface area contributed by atoms with Crippen molar-refractivity contribution < 1.29 is 5.11 Å². The maximum absolute atomic E-state index is 10.2. The van der Waals surface area contributed by atoms with E-state index in [4.69, 9.17) is 0 Å². The van der Waals surface area contributed by atoms with Crippen LogP contribution in [0, 0.1) is 0 Å². The Morgan fingerprint density at radius 1 is 0.778 bits per heavy atom. The van der Waals surface area contributed by atoms with E-state index >= 15 is 0 Å². The van der Waals surface area contributed by atoms with Crippen LogP contribution in [0.4, 0.5) is 0 Å². The molecule has 4 atom stereocenters. The molecule has 0 aromatic rings. The molecule has 0 aromatic carbocycles. The molecule has 0 spiro atoms. The van der Waals surface area contributed by atoms with Crippen molar-refractivity contribution in [2.24, 2.45) is 0 Å². The number of rotatable bonds is 2. The van der Waals surface area contributed by atoms with Gasteiger partial charge >= 0.3 is 0 Å². The first-order valence-corrected chi connectivity index (χ1v) is 8.03. The number of fused-ring (bicyclic) bond motifs is 1. The summed E-state index contributed by atoms with van der Waals surface area (Å²) in [4.78, 5) is 2.67. The van der Waals surface area contributed by atoms with Gasteiger partial charge in [0.2, 0.25) is 0 Å². The van der Waals surface area contributed by atoms with Crippen LogP contribution in [-0.2, 0) is 0 Å². The molecule has 3 rings (SSSR count). The van der Waals surface area contributed by atoms with Gasteiger partial charge < -0.3 is 10.4 Å². The van der Waals surface area contributed by atoms with E-state index in [9.17, 15) is 5.11 Å². The predicted octanol–water partition coefficient (Wildman–Crippen LogP) is 1.90. The van der Waals surface area contributed by atoms with E-state index in [1.54, 1.807) is 0 Å². The Hall–Kier alpha value is -0.120. The molecule has 0 aromatic heterocycles. The lowest BCUT2D eigenvalue weighted by Gasteiger charge is -2.35.